The number of anilines is 1. The van der Waals surface area contributed by atoms with Crippen LogP contribution in [0.3, 0.4) is 0 Å². The molecule has 0 saturated carbocycles. The number of aliphatic hydroxyl groups excluding tert-OH is 1. The van der Waals surface area contributed by atoms with Crippen LogP contribution in [0.5, 0.6) is 0 Å². The lowest BCUT2D eigenvalue weighted by Gasteiger charge is -2.33. The Morgan fingerprint density at radius 3 is 3.13 bits per heavy atom. The van der Waals surface area contributed by atoms with Crippen LogP contribution in [0, 0.1) is 0 Å². The van der Waals surface area contributed by atoms with Gasteiger partial charge in [0, 0.05) is 6.54 Å². The van der Waals surface area contributed by atoms with Crippen LogP contribution in [0.1, 0.15) is 5.01 Å². The summed E-state index contributed by atoms with van der Waals surface area (Å²) in [5.74, 6) is 0. The van der Waals surface area contributed by atoms with E-state index in [2.05, 4.69) is 15.1 Å². The van der Waals surface area contributed by atoms with E-state index in [1.54, 1.807) is 0 Å². The van der Waals surface area contributed by atoms with E-state index in [1.165, 1.54) is 11.3 Å². The summed E-state index contributed by atoms with van der Waals surface area (Å²) in [5.41, 5.74) is 5.50. The fourth-order valence-corrected chi connectivity index (χ4v) is 2.20. The molecule has 1 aromatic rings. The number of rotatable bonds is 3. The van der Waals surface area contributed by atoms with Gasteiger partial charge in [0.1, 0.15) is 5.01 Å². The summed E-state index contributed by atoms with van der Waals surface area (Å²) >= 11 is 1.39. The average Bonchev–Trinajstić information content (AvgIpc) is 2.65. The zero-order chi connectivity index (χ0) is 10.7. The van der Waals surface area contributed by atoms with Gasteiger partial charge in [-0.2, -0.15) is 0 Å². The van der Waals surface area contributed by atoms with Gasteiger partial charge in [0.2, 0.25) is 5.13 Å². The largest absolute Gasteiger partial charge is 0.395 e. The van der Waals surface area contributed by atoms with E-state index in [0.717, 1.165) is 11.6 Å². The molecule has 0 radical (unpaired) electrons. The number of nitrogens with zero attached hydrogens (tertiary/aromatic N) is 3. The number of ether oxygens (including phenoxy) is 1. The third kappa shape index (κ3) is 2.63. The average molecular weight is 230 g/mol. The Kier molecular flexibility index (Phi) is 3.47. The van der Waals surface area contributed by atoms with Crippen LogP contribution < -0.4 is 5.73 Å². The van der Waals surface area contributed by atoms with Gasteiger partial charge < -0.3 is 15.6 Å². The van der Waals surface area contributed by atoms with Crippen molar-refractivity contribution >= 4 is 16.5 Å². The zero-order valence-corrected chi connectivity index (χ0v) is 9.11. The molecule has 7 heteroatoms. The highest BCUT2D eigenvalue weighted by atomic mass is 32.1. The number of hydrogen-bond acceptors (Lipinski definition) is 7. The smallest absolute Gasteiger partial charge is 0.203 e. The monoisotopic (exact) mass is 230 g/mol. The van der Waals surface area contributed by atoms with Crippen LogP contribution in [0.25, 0.3) is 0 Å². The van der Waals surface area contributed by atoms with Crippen LogP contribution in [0.2, 0.25) is 0 Å². The first-order valence-corrected chi connectivity index (χ1v) is 5.61. The van der Waals surface area contributed by atoms with Crippen molar-refractivity contribution in [3.8, 4) is 0 Å². The molecule has 84 valence electrons. The predicted molar refractivity (Wildman–Crippen MR) is 56.4 cm³/mol. The minimum absolute atomic E-state index is 0.0591. The molecule has 2 heterocycles. The summed E-state index contributed by atoms with van der Waals surface area (Å²) in [6.07, 6.45) is 0. The summed E-state index contributed by atoms with van der Waals surface area (Å²) in [4.78, 5) is 2.14. The molecule has 0 aliphatic carbocycles. The standard InChI is InChI=1S/C8H14N4O2S/c9-8-11-10-7(15-8)3-12-1-2-14-5-6(12)4-13/h6,13H,1-5H2,(H2,9,11). The maximum atomic E-state index is 9.17. The van der Waals surface area contributed by atoms with Crippen molar-refractivity contribution in [3.63, 3.8) is 0 Å². The fraction of sp³-hybridized carbons (Fsp3) is 0.750. The Labute approximate surface area is 91.7 Å². The Bertz CT molecular complexity index is 319. The SMILES string of the molecule is Nc1nnc(CN2CCOCC2CO)s1. The van der Waals surface area contributed by atoms with Crippen LogP contribution >= 0.6 is 11.3 Å². The summed E-state index contributed by atoms with van der Waals surface area (Å²) in [7, 11) is 0. The Hall–Kier alpha value is -0.760. The second-order valence-electron chi connectivity index (χ2n) is 3.42. The lowest BCUT2D eigenvalue weighted by molar-refractivity contribution is -0.0313. The van der Waals surface area contributed by atoms with Crippen molar-refractivity contribution in [1.29, 1.82) is 0 Å². The topological polar surface area (TPSA) is 84.5 Å². The van der Waals surface area contributed by atoms with Crippen molar-refractivity contribution in [2.24, 2.45) is 0 Å². The van der Waals surface area contributed by atoms with Gasteiger partial charge in [-0.3, -0.25) is 4.90 Å². The number of nitrogens with two attached hydrogens (primary N) is 1. The highest BCUT2D eigenvalue weighted by Crippen LogP contribution is 2.16. The molecule has 3 N–H and O–H groups in total. The van der Waals surface area contributed by atoms with E-state index in [1.807, 2.05) is 0 Å². The van der Waals surface area contributed by atoms with Crippen molar-refractivity contribution < 1.29 is 9.84 Å². The van der Waals surface area contributed by atoms with E-state index in [-0.39, 0.29) is 12.6 Å². The Balaban J connectivity index is 1.97. The van der Waals surface area contributed by atoms with Crippen LogP contribution in [0.15, 0.2) is 0 Å². The third-order valence-electron chi connectivity index (χ3n) is 2.38. The first-order chi connectivity index (χ1) is 7.29. The van der Waals surface area contributed by atoms with Gasteiger partial charge >= 0.3 is 0 Å². The van der Waals surface area contributed by atoms with Crippen molar-refractivity contribution in [2.45, 2.75) is 12.6 Å². The second-order valence-corrected chi connectivity index (χ2v) is 4.51. The summed E-state index contributed by atoms with van der Waals surface area (Å²) in [6, 6.07) is 0.0591. The zero-order valence-electron chi connectivity index (χ0n) is 8.30. The van der Waals surface area contributed by atoms with E-state index in [9.17, 15) is 0 Å². The minimum Gasteiger partial charge on any atom is -0.395 e. The molecular formula is C8H14N4O2S. The normalized spacial score (nSPS) is 23.1. The quantitative estimate of drug-likeness (QED) is 0.715. The number of aliphatic hydroxyl groups is 1. The lowest BCUT2D eigenvalue weighted by atomic mass is 10.2. The molecular weight excluding hydrogens is 216 g/mol. The molecule has 6 nitrogen and oxygen atoms in total. The molecule has 1 aromatic heterocycles. The van der Waals surface area contributed by atoms with Gasteiger partial charge in [0.25, 0.3) is 0 Å². The van der Waals surface area contributed by atoms with Gasteiger partial charge in [0.05, 0.1) is 32.4 Å². The molecule has 15 heavy (non-hydrogen) atoms. The molecule has 1 unspecified atom stereocenters. The molecule has 1 saturated heterocycles. The van der Waals surface area contributed by atoms with E-state index >= 15 is 0 Å². The lowest BCUT2D eigenvalue weighted by Crippen LogP contribution is -2.46. The van der Waals surface area contributed by atoms with E-state index in [0.29, 0.717) is 24.9 Å². The minimum atomic E-state index is 0.0591. The number of morpholine rings is 1. The second kappa shape index (κ2) is 4.84. The maximum Gasteiger partial charge on any atom is 0.203 e. The summed E-state index contributed by atoms with van der Waals surface area (Å²) < 4.78 is 5.29. The van der Waals surface area contributed by atoms with Crippen LogP contribution in [-0.4, -0.2) is 52.6 Å². The molecule has 1 aliphatic rings. The van der Waals surface area contributed by atoms with Gasteiger partial charge in [-0.25, -0.2) is 0 Å². The van der Waals surface area contributed by atoms with Crippen molar-refractivity contribution in [3.05, 3.63) is 5.01 Å². The highest BCUT2D eigenvalue weighted by Gasteiger charge is 2.23. The van der Waals surface area contributed by atoms with Crippen LogP contribution in [0.4, 0.5) is 5.13 Å². The van der Waals surface area contributed by atoms with Gasteiger partial charge in [-0.05, 0) is 0 Å². The predicted octanol–water partition coefficient (Wildman–Crippen LogP) is -0.687. The van der Waals surface area contributed by atoms with Crippen molar-refractivity contribution in [2.75, 3.05) is 32.1 Å². The maximum absolute atomic E-state index is 9.17. The molecule has 2 rings (SSSR count). The Morgan fingerprint density at radius 1 is 1.60 bits per heavy atom. The van der Waals surface area contributed by atoms with Gasteiger partial charge in [-0.1, -0.05) is 11.3 Å². The molecule has 0 spiro atoms. The van der Waals surface area contributed by atoms with E-state index < -0.39 is 0 Å². The van der Waals surface area contributed by atoms with Gasteiger partial charge in [-0.15, -0.1) is 10.2 Å². The van der Waals surface area contributed by atoms with E-state index in [4.69, 9.17) is 15.6 Å². The first kappa shape index (κ1) is 10.7. The highest BCUT2D eigenvalue weighted by molar-refractivity contribution is 7.15. The number of hydrogen-bond donors (Lipinski definition) is 2. The Morgan fingerprint density at radius 2 is 2.47 bits per heavy atom. The molecule has 1 aliphatic heterocycles. The van der Waals surface area contributed by atoms with Gasteiger partial charge in [0.15, 0.2) is 0 Å². The van der Waals surface area contributed by atoms with Crippen molar-refractivity contribution in [1.82, 2.24) is 15.1 Å². The van der Waals surface area contributed by atoms with Crippen LogP contribution in [-0.2, 0) is 11.3 Å². The number of nitrogen functional groups attached to an aromatic ring is 1. The number of aromatic nitrogens is 2. The summed E-state index contributed by atoms with van der Waals surface area (Å²) in [6.45, 7) is 2.87. The molecule has 1 fully saturated rings. The molecule has 1 atom stereocenters. The molecule has 0 aromatic carbocycles. The fourth-order valence-electron chi connectivity index (χ4n) is 1.57. The molecule has 0 amide bonds. The summed E-state index contributed by atoms with van der Waals surface area (Å²) in [5, 5.41) is 18.2. The molecule has 0 bridgehead atoms. The first-order valence-electron chi connectivity index (χ1n) is 4.80. The third-order valence-corrected chi connectivity index (χ3v) is 3.12.